The van der Waals surface area contributed by atoms with Crippen LogP contribution in [0.3, 0.4) is 0 Å². The molecule has 0 spiro atoms. The Morgan fingerprint density at radius 2 is 1.71 bits per heavy atom. The Kier molecular flexibility index (Phi) is 4.89. The maximum Gasteiger partial charge on any atom is 0.269 e. The molecule has 6 nitrogen and oxygen atoms in total. The Hall–Kier alpha value is -2.41. The molecule has 0 saturated carbocycles. The van der Waals surface area contributed by atoms with E-state index in [4.69, 9.17) is 10.5 Å². The highest BCUT2D eigenvalue weighted by molar-refractivity contribution is 7.85. The maximum atomic E-state index is 12.0. The molecule has 7 heteroatoms. The fourth-order valence-corrected chi connectivity index (χ4v) is 2.55. The van der Waals surface area contributed by atoms with Crippen molar-refractivity contribution in [2.75, 3.05) is 18.1 Å². The molecule has 0 heterocycles. The van der Waals surface area contributed by atoms with Crippen LogP contribution in [0.5, 0.6) is 5.75 Å². The number of rotatable bonds is 6. The molecule has 1 unspecified atom stereocenters. The molecule has 0 saturated heterocycles. The summed E-state index contributed by atoms with van der Waals surface area (Å²) in [5.41, 5.74) is 6.19. The SMILES string of the molecule is Nc1ccc(OCCS(=O)c2ccc([N+](=O)[O-])cc2)cc1. The van der Waals surface area contributed by atoms with Crippen molar-refractivity contribution in [1.29, 1.82) is 0 Å². The van der Waals surface area contributed by atoms with Gasteiger partial charge in [-0.25, -0.2) is 0 Å². The number of anilines is 1. The second-order valence-corrected chi connectivity index (χ2v) is 5.79. The zero-order valence-corrected chi connectivity index (χ0v) is 11.9. The molecule has 0 bridgehead atoms. The lowest BCUT2D eigenvalue weighted by atomic mass is 10.3. The van der Waals surface area contributed by atoms with Gasteiger partial charge in [-0.3, -0.25) is 14.3 Å². The summed E-state index contributed by atoms with van der Waals surface area (Å²) in [6.07, 6.45) is 0. The van der Waals surface area contributed by atoms with Crippen LogP contribution in [0.2, 0.25) is 0 Å². The van der Waals surface area contributed by atoms with Gasteiger partial charge in [-0.15, -0.1) is 0 Å². The average molecular weight is 306 g/mol. The first-order valence-corrected chi connectivity index (χ1v) is 7.49. The summed E-state index contributed by atoms with van der Waals surface area (Å²) in [7, 11) is -1.26. The molecule has 0 fully saturated rings. The third-order valence-electron chi connectivity index (χ3n) is 2.73. The van der Waals surface area contributed by atoms with Gasteiger partial charge in [0.2, 0.25) is 0 Å². The van der Waals surface area contributed by atoms with Crippen LogP contribution in [0.25, 0.3) is 0 Å². The van der Waals surface area contributed by atoms with E-state index in [9.17, 15) is 14.3 Å². The van der Waals surface area contributed by atoms with Gasteiger partial charge in [-0.05, 0) is 36.4 Å². The van der Waals surface area contributed by atoms with E-state index >= 15 is 0 Å². The second kappa shape index (κ2) is 6.85. The van der Waals surface area contributed by atoms with Crippen molar-refractivity contribution in [3.8, 4) is 5.75 Å². The van der Waals surface area contributed by atoms with E-state index in [-0.39, 0.29) is 12.3 Å². The Morgan fingerprint density at radius 3 is 2.29 bits per heavy atom. The number of ether oxygens (including phenoxy) is 1. The number of nitrogens with two attached hydrogens (primary N) is 1. The van der Waals surface area contributed by atoms with Crippen molar-refractivity contribution in [1.82, 2.24) is 0 Å². The molecule has 2 aromatic rings. The monoisotopic (exact) mass is 306 g/mol. The average Bonchev–Trinajstić information content (AvgIpc) is 2.49. The molecule has 0 aliphatic rings. The minimum atomic E-state index is -1.26. The van der Waals surface area contributed by atoms with Gasteiger partial charge >= 0.3 is 0 Å². The van der Waals surface area contributed by atoms with Crippen LogP contribution in [0.15, 0.2) is 53.4 Å². The zero-order valence-electron chi connectivity index (χ0n) is 11.1. The van der Waals surface area contributed by atoms with Gasteiger partial charge in [0.1, 0.15) is 12.4 Å². The third-order valence-corrected chi connectivity index (χ3v) is 4.06. The van der Waals surface area contributed by atoms with Crippen LogP contribution in [0.4, 0.5) is 11.4 Å². The highest BCUT2D eigenvalue weighted by Gasteiger charge is 2.08. The van der Waals surface area contributed by atoms with E-state index in [1.54, 1.807) is 24.3 Å². The highest BCUT2D eigenvalue weighted by atomic mass is 32.2. The molecule has 110 valence electrons. The number of nitro benzene ring substituents is 1. The van der Waals surface area contributed by atoms with Crippen LogP contribution in [-0.2, 0) is 10.8 Å². The van der Waals surface area contributed by atoms with Gasteiger partial charge in [-0.2, -0.15) is 0 Å². The Balaban J connectivity index is 1.86. The number of nitro groups is 1. The normalized spacial score (nSPS) is 11.8. The molecule has 1 atom stereocenters. The topological polar surface area (TPSA) is 95.5 Å². The van der Waals surface area contributed by atoms with Gasteiger partial charge in [0.05, 0.1) is 21.5 Å². The molecule has 0 radical (unpaired) electrons. The van der Waals surface area contributed by atoms with Crippen molar-refractivity contribution in [2.24, 2.45) is 0 Å². The second-order valence-electron chi connectivity index (χ2n) is 4.22. The zero-order chi connectivity index (χ0) is 15.2. The molecule has 21 heavy (non-hydrogen) atoms. The molecule has 0 amide bonds. The van der Waals surface area contributed by atoms with Crippen LogP contribution < -0.4 is 10.5 Å². The van der Waals surface area contributed by atoms with Gasteiger partial charge in [-0.1, -0.05) is 0 Å². The highest BCUT2D eigenvalue weighted by Crippen LogP contribution is 2.16. The predicted octanol–water partition coefficient (Wildman–Crippen LogP) is 2.36. The largest absolute Gasteiger partial charge is 0.493 e. The third kappa shape index (κ3) is 4.28. The number of benzene rings is 2. The molecule has 2 N–H and O–H groups in total. The molecular formula is C14H14N2O4S. The summed E-state index contributed by atoms with van der Waals surface area (Å²) in [6, 6.07) is 12.6. The Morgan fingerprint density at radius 1 is 1.10 bits per heavy atom. The summed E-state index contributed by atoms with van der Waals surface area (Å²) in [4.78, 5) is 10.6. The van der Waals surface area contributed by atoms with Crippen molar-refractivity contribution in [3.63, 3.8) is 0 Å². The van der Waals surface area contributed by atoms with Gasteiger partial charge < -0.3 is 10.5 Å². The van der Waals surface area contributed by atoms with Crippen molar-refractivity contribution < 1.29 is 13.9 Å². The molecule has 0 aliphatic carbocycles. The number of nitrogens with zero attached hydrogens (tertiary/aromatic N) is 1. The minimum absolute atomic E-state index is 0.0196. The van der Waals surface area contributed by atoms with E-state index in [0.717, 1.165) is 0 Å². The molecule has 2 aromatic carbocycles. The van der Waals surface area contributed by atoms with E-state index in [1.807, 2.05) is 0 Å². The summed E-state index contributed by atoms with van der Waals surface area (Å²) in [6.45, 7) is 0.285. The number of non-ortho nitro benzene ring substituents is 1. The van der Waals surface area contributed by atoms with E-state index in [1.165, 1.54) is 24.3 Å². The van der Waals surface area contributed by atoms with Crippen molar-refractivity contribution >= 4 is 22.2 Å². The summed E-state index contributed by atoms with van der Waals surface area (Å²) >= 11 is 0. The fourth-order valence-electron chi connectivity index (χ4n) is 1.64. The van der Waals surface area contributed by atoms with Crippen LogP contribution in [0, 0.1) is 10.1 Å². The van der Waals surface area contributed by atoms with Crippen molar-refractivity contribution in [2.45, 2.75) is 4.90 Å². The van der Waals surface area contributed by atoms with E-state index in [0.29, 0.717) is 22.1 Å². The predicted molar refractivity (Wildman–Crippen MR) is 80.7 cm³/mol. The number of nitrogen functional groups attached to an aromatic ring is 1. The first-order valence-electron chi connectivity index (χ1n) is 6.17. The van der Waals surface area contributed by atoms with Gasteiger partial charge in [0.15, 0.2) is 0 Å². The van der Waals surface area contributed by atoms with Gasteiger partial charge in [0.25, 0.3) is 5.69 Å². The lowest BCUT2D eigenvalue weighted by Gasteiger charge is -2.06. The Labute approximate surface area is 124 Å². The fraction of sp³-hybridized carbons (Fsp3) is 0.143. The molecule has 0 aliphatic heterocycles. The molecule has 2 rings (SSSR count). The van der Waals surface area contributed by atoms with E-state index in [2.05, 4.69) is 0 Å². The Bertz CT molecular complexity index is 641. The smallest absolute Gasteiger partial charge is 0.269 e. The van der Waals surface area contributed by atoms with Gasteiger partial charge in [0, 0.05) is 22.7 Å². The standard InChI is InChI=1S/C14H14N2O4S/c15-11-1-5-13(6-2-11)20-9-10-21(19)14-7-3-12(4-8-14)16(17)18/h1-8H,9-10,15H2. The maximum absolute atomic E-state index is 12.0. The van der Waals surface area contributed by atoms with Crippen LogP contribution in [-0.4, -0.2) is 21.5 Å². The minimum Gasteiger partial charge on any atom is -0.493 e. The summed E-state index contributed by atoms with van der Waals surface area (Å²) in [5, 5.41) is 10.5. The van der Waals surface area contributed by atoms with Crippen molar-refractivity contribution in [3.05, 3.63) is 58.6 Å². The first kappa shape index (κ1) is 15.0. The molecular weight excluding hydrogens is 292 g/mol. The van der Waals surface area contributed by atoms with Crippen LogP contribution >= 0.6 is 0 Å². The quantitative estimate of drug-likeness (QED) is 0.502. The van der Waals surface area contributed by atoms with E-state index < -0.39 is 15.7 Å². The van der Waals surface area contributed by atoms with Crippen LogP contribution in [0.1, 0.15) is 0 Å². The first-order chi connectivity index (χ1) is 10.1. The summed E-state index contributed by atoms with van der Waals surface area (Å²) < 4.78 is 17.5. The lowest BCUT2D eigenvalue weighted by molar-refractivity contribution is -0.384. The lowest BCUT2D eigenvalue weighted by Crippen LogP contribution is -2.08. The number of hydrogen-bond acceptors (Lipinski definition) is 5. The molecule has 0 aromatic heterocycles. The number of hydrogen-bond donors (Lipinski definition) is 1. The summed E-state index contributed by atoms with van der Waals surface area (Å²) in [5.74, 6) is 0.965.